The molecule has 1 unspecified atom stereocenters. The minimum Gasteiger partial charge on any atom is -0.334 e. The minimum atomic E-state index is -4.38. The van der Waals surface area contributed by atoms with Crippen LogP contribution in [0.5, 0.6) is 0 Å². The lowest BCUT2D eigenvalue weighted by Gasteiger charge is -2.13. The number of alkyl halides is 3. The Kier molecular flexibility index (Phi) is 5.09. The van der Waals surface area contributed by atoms with Gasteiger partial charge in [0.15, 0.2) is 5.17 Å². The highest BCUT2D eigenvalue weighted by molar-refractivity contribution is 8.15. The van der Waals surface area contributed by atoms with Gasteiger partial charge in [-0.15, -0.1) is 0 Å². The molecule has 0 spiro atoms. The summed E-state index contributed by atoms with van der Waals surface area (Å²) in [6.45, 7) is 5.03. The summed E-state index contributed by atoms with van der Waals surface area (Å²) in [7, 11) is 0. The largest absolute Gasteiger partial charge is 0.416 e. The molecule has 1 N–H and O–H groups in total. The third-order valence-corrected chi connectivity index (χ3v) is 4.43. The predicted octanol–water partition coefficient (Wildman–Crippen LogP) is 5.29. The van der Waals surface area contributed by atoms with Crippen LogP contribution in [0.15, 0.2) is 23.2 Å². The fourth-order valence-electron chi connectivity index (χ4n) is 2.04. The van der Waals surface area contributed by atoms with E-state index in [-0.39, 0.29) is 5.02 Å². The van der Waals surface area contributed by atoms with Gasteiger partial charge >= 0.3 is 6.18 Å². The molecule has 0 bridgehead atoms. The van der Waals surface area contributed by atoms with Crippen LogP contribution in [0.1, 0.15) is 25.8 Å². The van der Waals surface area contributed by atoms with Crippen LogP contribution < -0.4 is 5.32 Å². The molecular weight excluding hydrogens is 321 g/mol. The molecule has 0 saturated carbocycles. The Labute approximate surface area is 131 Å². The maximum absolute atomic E-state index is 12.6. The van der Waals surface area contributed by atoms with E-state index in [1.807, 2.05) is 0 Å². The zero-order valence-electron chi connectivity index (χ0n) is 11.7. The topological polar surface area (TPSA) is 24.4 Å². The van der Waals surface area contributed by atoms with Crippen molar-refractivity contribution in [2.75, 3.05) is 11.9 Å². The third kappa shape index (κ3) is 4.54. The summed E-state index contributed by atoms with van der Waals surface area (Å²) in [5, 5.41) is 4.17. The molecule has 0 fully saturated rings. The molecule has 116 valence electrons. The van der Waals surface area contributed by atoms with Crippen LogP contribution in [-0.2, 0) is 6.18 Å². The monoisotopic (exact) mass is 336 g/mol. The van der Waals surface area contributed by atoms with E-state index >= 15 is 0 Å². The van der Waals surface area contributed by atoms with E-state index < -0.39 is 11.7 Å². The summed E-state index contributed by atoms with van der Waals surface area (Å²) in [5.74, 6) is 0.590. The molecule has 0 aromatic heterocycles. The van der Waals surface area contributed by atoms with Crippen LogP contribution in [0.25, 0.3) is 0 Å². The van der Waals surface area contributed by atoms with Crippen molar-refractivity contribution in [1.82, 2.24) is 0 Å². The van der Waals surface area contributed by atoms with Crippen molar-refractivity contribution in [3.05, 3.63) is 28.8 Å². The number of aliphatic imine (C=N–C) groups is 1. The molecule has 1 atom stereocenters. The van der Waals surface area contributed by atoms with Gasteiger partial charge in [-0.1, -0.05) is 37.2 Å². The molecule has 1 heterocycles. The number of halogens is 4. The van der Waals surface area contributed by atoms with Gasteiger partial charge in [0, 0.05) is 5.25 Å². The first-order chi connectivity index (χ1) is 9.75. The Balaban J connectivity index is 2.02. The lowest BCUT2D eigenvalue weighted by atomic mass is 10.1. The first-order valence-electron chi connectivity index (χ1n) is 6.60. The number of nitrogens with zero attached hydrogens (tertiary/aromatic N) is 1. The average molecular weight is 337 g/mol. The van der Waals surface area contributed by atoms with E-state index in [2.05, 4.69) is 24.2 Å². The van der Waals surface area contributed by atoms with Gasteiger partial charge in [0.25, 0.3) is 0 Å². The summed E-state index contributed by atoms with van der Waals surface area (Å²) < 4.78 is 37.7. The van der Waals surface area contributed by atoms with Crippen molar-refractivity contribution in [2.24, 2.45) is 10.9 Å². The van der Waals surface area contributed by atoms with Crippen molar-refractivity contribution in [3.63, 3.8) is 0 Å². The van der Waals surface area contributed by atoms with Gasteiger partial charge in [0.05, 0.1) is 22.8 Å². The molecule has 0 saturated heterocycles. The molecule has 7 heteroatoms. The highest BCUT2D eigenvalue weighted by Gasteiger charge is 2.31. The second kappa shape index (κ2) is 6.48. The molecule has 1 aromatic rings. The van der Waals surface area contributed by atoms with Crippen molar-refractivity contribution in [1.29, 1.82) is 0 Å². The Hall–Kier alpha value is -0.880. The first-order valence-corrected chi connectivity index (χ1v) is 7.86. The quantitative estimate of drug-likeness (QED) is 0.811. The lowest BCUT2D eigenvalue weighted by molar-refractivity contribution is -0.137. The molecule has 1 aromatic carbocycles. The Morgan fingerprint density at radius 3 is 2.71 bits per heavy atom. The molecule has 0 radical (unpaired) electrons. The number of hydrogen-bond acceptors (Lipinski definition) is 3. The Morgan fingerprint density at radius 1 is 1.43 bits per heavy atom. The Morgan fingerprint density at radius 2 is 2.14 bits per heavy atom. The Bertz CT molecular complexity index is 544. The molecule has 2 nitrogen and oxygen atoms in total. The average Bonchev–Trinajstić information content (AvgIpc) is 2.77. The van der Waals surface area contributed by atoms with E-state index in [1.165, 1.54) is 6.07 Å². The SMILES string of the molecule is CC(C)CC1CN=C(Nc2ccc(C(F)(F)F)cc2Cl)S1. The highest BCUT2D eigenvalue weighted by Crippen LogP contribution is 2.35. The van der Waals surface area contributed by atoms with Gasteiger partial charge in [-0.05, 0) is 30.5 Å². The maximum atomic E-state index is 12.6. The number of anilines is 1. The van der Waals surface area contributed by atoms with Gasteiger partial charge in [0.1, 0.15) is 0 Å². The number of amidine groups is 1. The molecule has 2 rings (SSSR count). The van der Waals surface area contributed by atoms with Gasteiger partial charge < -0.3 is 5.32 Å². The third-order valence-electron chi connectivity index (χ3n) is 2.99. The molecule has 0 aliphatic carbocycles. The standard InChI is InChI=1S/C14H16ClF3N2S/c1-8(2)5-10-7-19-13(21-10)20-12-4-3-9(6-11(12)15)14(16,17)18/h3-4,6,8,10H,5,7H2,1-2H3,(H,19,20). The van der Waals surface area contributed by atoms with Gasteiger partial charge in [-0.2, -0.15) is 13.2 Å². The second-order valence-electron chi connectivity index (χ2n) is 5.33. The molecule has 1 aliphatic rings. The van der Waals surface area contributed by atoms with Crippen molar-refractivity contribution < 1.29 is 13.2 Å². The molecule has 0 amide bonds. The van der Waals surface area contributed by atoms with Crippen molar-refractivity contribution in [2.45, 2.75) is 31.7 Å². The zero-order chi connectivity index (χ0) is 15.6. The molecular formula is C14H16ClF3N2S. The second-order valence-corrected chi connectivity index (χ2v) is 7.03. The van der Waals surface area contributed by atoms with Gasteiger partial charge in [0.2, 0.25) is 0 Å². The van der Waals surface area contributed by atoms with Crippen LogP contribution in [0.2, 0.25) is 5.02 Å². The van der Waals surface area contributed by atoms with E-state index in [4.69, 9.17) is 11.6 Å². The zero-order valence-corrected chi connectivity index (χ0v) is 13.2. The number of benzene rings is 1. The number of rotatable bonds is 3. The summed E-state index contributed by atoms with van der Waals surface area (Å²) in [6, 6.07) is 3.28. The lowest BCUT2D eigenvalue weighted by Crippen LogP contribution is -2.10. The fraction of sp³-hybridized carbons (Fsp3) is 0.500. The van der Waals surface area contributed by atoms with Crippen LogP contribution in [0.4, 0.5) is 18.9 Å². The number of thioether (sulfide) groups is 1. The van der Waals surface area contributed by atoms with E-state index in [9.17, 15) is 13.2 Å². The van der Waals surface area contributed by atoms with Crippen molar-refractivity contribution in [3.8, 4) is 0 Å². The fourth-order valence-corrected chi connectivity index (χ4v) is 3.53. The van der Waals surface area contributed by atoms with Gasteiger partial charge in [-0.3, -0.25) is 4.99 Å². The number of hydrogen-bond donors (Lipinski definition) is 1. The molecule has 21 heavy (non-hydrogen) atoms. The summed E-state index contributed by atoms with van der Waals surface area (Å²) in [6.07, 6.45) is -3.33. The van der Waals surface area contributed by atoms with Crippen LogP contribution >= 0.6 is 23.4 Å². The van der Waals surface area contributed by atoms with Crippen molar-refractivity contribution >= 4 is 34.2 Å². The summed E-state index contributed by atoms with van der Waals surface area (Å²) in [4.78, 5) is 4.37. The number of nitrogens with one attached hydrogen (secondary N) is 1. The summed E-state index contributed by atoms with van der Waals surface area (Å²) in [5.41, 5.74) is -0.308. The minimum absolute atomic E-state index is 0.0421. The van der Waals surface area contributed by atoms with Crippen LogP contribution in [0.3, 0.4) is 0 Å². The summed E-state index contributed by atoms with van der Waals surface area (Å²) >= 11 is 7.52. The molecule has 1 aliphatic heterocycles. The van der Waals surface area contributed by atoms with Crippen LogP contribution in [-0.4, -0.2) is 17.0 Å². The van der Waals surface area contributed by atoms with Gasteiger partial charge in [-0.25, -0.2) is 0 Å². The smallest absolute Gasteiger partial charge is 0.334 e. The van der Waals surface area contributed by atoms with Crippen LogP contribution in [0, 0.1) is 5.92 Å². The normalized spacial score (nSPS) is 19.0. The first kappa shape index (κ1) is 16.5. The van der Waals surface area contributed by atoms with E-state index in [0.717, 1.165) is 25.1 Å². The van der Waals surface area contributed by atoms with E-state index in [1.54, 1.807) is 11.8 Å². The highest BCUT2D eigenvalue weighted by atomic mass is 35.5. The maximum Gasteiger partial charge on any atom is 0.416 e. The van der Waals surface area contributed by atoms with E-state index in [0.29, 0.717) is 22.0 Å². The predicted molar refractivity (Wildman–Crippen MR) is 83.2 cm³/mol.